The second-order valence-electron chi connectivity index (χ2n) is 3.42. The first-order chi connectivity index (χ1) is 6.88. The Bertz CT molecular complexity index is 487. The lowest BCUT2D eigenvalue weighted by molar-refractivity contribution is 0.104. The lowest BCUT2D eigenvalue weighted by atomic mass is 10.1. The molecule has 0 radical (unpaired) electrons. The molecule has 0 aliphatic heterocycles. The molecule has 3 heteroatoms. The Kier molecular flexibility index (Phi) is 3.74. The summed E-state index contributed by atoms with van der Waals surface area (Å²) in [5, 5.41) is 0. The SMILES string of the molecule is Cl.Cl.O=C1c2ccccc2-c2ccccc21. The molecule has 0 spiro atoms. The summed E-state index contributed by atoms with van der Waals surface area (Å²) in [4.78, 5) is 11.9. The zero-order valence-corrected chi connectivity index (χ0v) is 9.98. The van der Waals surface area contributed by atoms with Gasteiger partial charge in [-0.25, -0.2) is 0 Å². The van der Waals surface area contributed by atoms with Gasteiger partial charge in [-0.05, 0) is 11.1 Å². The average Bonchev–Trinajstić information content (AvgIpc) is 2.55. The smallest absolute Gasteiger partial charge is 0.194 e. The van der Waals surface area contributed by atoms with Crippen LogP contribution in [0.1, 0.15) is 15.9 Å². The Hall–Kier alpha value is -1.31. The highest BCUT2D eigenvalue weighted by Gasteiger charge is 2.24. The Morgan fingerprint density at radius 1 is 0.562 bits per heavy atom. The first kappa shape index (κ1) is 12.8. The molecule has 0 amide bonds. The molecule has 0 N–H and O–H groups in total. The Morgan fingerprint density at radius 3 is 1.25 bits per heavy atom. The molecular weight excluding hydrogens is 243 g/mol. The van der Waals surface area contributed by atoms with Crippen LogP contribution in [0.25, 0.3) is 11.1 Å². The van der Waals surface area contributed by atoms with Crippen molar-refractivity contribution in [1.82, 2.24) is 0 Å². The van der Waals surface area contributed by atoms with Crippen LogP contribution in [0, 0.1) is 0 Å². The van der Waals surface area contributed by atoms with E-state index in [0.717, 1.165) is 22.3 Å². The normalized spacial score (nSPS) is 10.9. The predicted molar refractivity (Wildman–Crippen MR) is 69.8 cm³/mol. The van der Waals surface area contributed by atoms with Crippen LogP contribution in [0.15, 0.2) is 48.5 Å². The van der Waals surface area contributed by atoms with Crippen molar-refractivity contribution in [2.45, 2.75) is 0 Å². The summed E-state index contributed by atoms with van der Waals surface area (Å²) in [6, 6.07) is 15.5. The highest BCUT2D eigenvalue weighted by molar-refractivity contribution is 6.21. The van der Waals surface area contributed by atoms with Crippen molar-refractivity contribution in [3.63, 3.8) is 0 Å². The number of halogens is 2. The summed E-state index contributed by atoms with van der Waals surface area (Å²) in [6.07, 6.45) is 0. The molecular formula is C13H10Cl2O. The van der Waals surface area contributed by atoms with Crippen molar-refractivity contribution in [3.8, 4) is 11.1 Å². The van der Waals surface area contributed by atoms with Gasteiger partial charge in [0.15, 0.2) is 5.78 Å². The van der Waals surface area contributed by atoms with Crippen LogP contribution in [-0.4, -0.2) is 5.78 Å². The number of carbonyl (C=O) groups excluding carboxylic acids is 1. The topological polar surface area (TPSA) is 17.1 Å². The number of ketones is 1. The predicted octanol–water partition coefficient (Wildman–Crippen LogP) is 3.74. The minimum atomic E-state index is 0. The van der Waals surface area contributed by atoms with E-state index in [9.17, 15) is 4.79 Å². The Labute approximate surface area is 106 Å². The van der Waals surface area contributed by atoms with Crippen molar-refractivity contribution >= 4 is 30.6 Å². The molecule has 1 aliphatic rings. The molecule has 82 valence electrons. The van der Waals surface area contributed by atoms with E-state index in [1.54, 1.807) is 0 Å². The summed E-state index contributed by atoms with van der Waals surface area (Å²) in [6.45, 7) is 0. The van der Waals surface area contributed by atoms with Crippen LogP contribution in [0.3, 0.4) is 0 Å². The largest absolute Gasteiger partial charge is 0.289 e. The molecule has 3 rings (SSSR count). The average molecular weight is 253 g/mol. The molecule has 0 fully saturated rings. The second kappa shape index (κ2) is 4.69. The maximum absolute atomic E-state index is 11.9. The van der Waals surface area contributed by atoms with Gasteiger partial charge in [-0.15, -0.1) is 24.8 Å². The fraction of sp³-hybridized carbons (Fsp3) is 0. The van der Waals surface area contributed by atoms with Gasteiger partial charge in [0.2, 0.25) is 0 Å². The van der Waals surface area contributed by atoms with Crippen molar-refractivity contribution in [2.24, 2.45) is 0 Å². The summed E-state index contributed by atoms with van der Waals surface area (Å²) in [5.74, 6) is 0.149. The first-order valence-corrected chi connectivity index (χ1v) is 4.61. The van der Waals surface area contributed by atoms with E-state index in [1.807, 2.05) is 48.5 Å². The molecule has 0 saturated heterocycles. The fourth-order valence-electron chi connectivity index (χ4n) is 1.98. The number of benzene rings is 2. The molecule has 0 saturated carbocycles. The summed E-state index contributed by atoms with van der Waals surface area (Å²) in [7, 11) is 0. The van der Waals surface area contributed by atoms with Crippen molar-refractivity contribution in [1.29, 1.82) is 0 Å². The van der Waals surface area contributed by atoms with Crippen molar-refractivity contribution in [2.75, 3.05) is 0 Å². The fourth-order valence-corrected chi connectivity index (χ4v) is 1.98. The monoisotopic (exact) mass is 252 g/mol. The van der Waals surface area contributed by atoms with Gasteiger partial charge >= 0.3 is 0 Å². The first-order valence-electron chi connectivity index (χ1n) is 4.61. The molecule has 1 aliphatic carbocycles. The van der Waals surface area contributed by atoms with Gasteiger partial charge in [0, 0.05) is 11.1 Å². The van der Waals surface area contributed by atoms with E-state index in [2.05, 4.69) is 0 Å². The van der Waals surface area contributed by atoms with Gasteiger partial charge in [0.05, 0.1) is 0 Å². The molecule has 1 nitrogen and oxygen atoms in total. The van der Waals surface area contributed by atoms with Crippen LogP contribution in [0.2, 0.25) is 0 Å². The molecule has 0 heterocycles. The van der Waals surface area contributed by atoms with Crippen molar-refractivity contribution in [3.05, 3.63) is 59.7 Å². The van der Waals surface area contributed by atoms with Gasteiger partial charge in [0.25, 0.3) is 0 Å². The lowest BCUT2D eigenvalue weighted by Crippen LogP contribution is -1.93. The zero-order chi connectivity index (χ0) is 9.54. The second-order valence-corrected chi connectivity index (χ2v) is 3.42. The highest BCUT2D eigenvalue weighted by atomic mass is 35.5. The number of hydrogen-bond acceptors (Lipinski definition) is 1. The third-order valence-electron chi connectivity index (χ3n) is 2.63. The number of fused-ring (bicyclic) bond motifs is 3. The van der Waals surface area contributed by atoms with E-state index in [4.69, 9.17) is 0 Å². The van der Waals surface area contributed by atoms with E-state index < -0.39 is 0 Å². The summed E-state index contributed by atoms with van der Waals surface area (Å²) in [5.41, 5.74) is 3.78. The minimum absolute atomic E-state index is 0. The number of rotatable bonds is 0. The third-order valence-corrected chi connectivity index (χ3v) is 2.63. The quantitative estimate of drug-likeness (QED) is 0.596. The van der Waals surface area contributed by atoms with E-state index in [-0.39, 0.29) is 30.6 Å². The zero-order valence-electron chi connectivity index (χ0n) is 8.34. The van der Waals surface area contributed by atoms with Crippen LogP contribution in [0.4, 0.5) is 0 Å². The van der Waals surface area contributed by atoms with Gasteiger partial charge in [-0.1, -0.05) is 48.5 Å². The van der Waals surface area contributed by atoms with Gasteiger partial charge in [0.1, 0.15) is 0 Å². The van der Waals surface area contributed by atoms with Crippen molar-refractivity contribution < 1.29 is 4.79 Å². The lowest BCUT2D eigenvalue weighted by Gasteiger charge is -1.96. The molecule has 2 aromatic rings. The van der Waals surface area contributed by atoms with Gasteiger partial charge in [-0.2, -0.15) is 0 Å². The standard InChI is InChI=1S/C13H8O.2ClH/c14-13-11-7-3-1-5-9(11)10-6-2-4-8-12(10)13;;/h1-8H;2*1H. The Balaban J connectivity index is 0.000000640. The molecule has 0 aromatic heterocycles. The van der Waals surface area contributed by atoms with E-state index in [1.165, 1.54) is 0 Å². The van der Waals surface area contributed by atoms with Gasteiger partial charge in [-0.3, -0.25) is 4.79 Å². The van der Waals surface area contributed by atoms with Crippen LogP contribution in [0.5, 0.6) is 0 Å². The minimum Gasteiger partial charge on any atom is -0.289 e. The van der Waals surface area contributed by atoms with E-state index in [0.29, 0.717) is 0 Å². The van der Waals surface area contributed by atoms with Crippen LogP contribution >= 0.6 is 24.8 Å². The summed E-state index contributed by atoms with van der Waals surface area (Å²) < 4.78 is 0. The van der Waals surface area contributed by atoms with Gasteiger partial charge < -0.3 is 0 Å². The number of hydrogen-bond donors (Lipinski definition) is 0. The molecule has 16 heavy (non-hydrogen) atoms. The maximum atomic E-state index is 11.9. The third kappa shape index (κ3) is 1.62. The van der Waals surface area contributed by atoms with Crippen LogP contribution in [-0.2, 0) is 0 Å². The Morgan fingerprint density at radius 2 is 0.875 bits per heavy atom. The molecule has 0 unspecified atom stereocenters. The van der Waals surface area contributed by atoms with Crippen LogP contribution < -0.4 is 0 Å². The maximum Gasteiger partial charge on any atom is 0.194 e. The highest BCUT2D eigenvalue weighted by Crippen LogP contribution is 2.35. The summed E-state index contributed by atoms with van der Waals surface area (Å²) >= 11 is 0. The molecule has 2 aromatic carbocycles. The molecule has 0 bridgehead atoms. The number of carbonyl (C=O) groups is 1. The van der Waals surface area contributed by atoms with E-state index >= 15 is 0 Å². The molecule has 0 atom stereocenters.